The molecule has 2 atom stereocenters. The number of hydrogen-bond acceptors (Lipinski definition) is 5. The summed E-state index contributed by atoms with van der Waals surface area (Å²) in [5.74, 6) is -0.275. The summed E-state index contributed by atoms with van der Waals surface area (Å²) in [6.45, 7) is 3.72. The van der Waals surface area contributed by atoms with Crippen LogP contribution in [0.4, 0.5) is 0 Å². The van der Waals surface area contributed by atoms with Crippen molar-refractivity contribution in [3.8, 4) is 0 Å². The average molecular weight is 419 g/mol. The van der Waals surface area contributed by atoms with Gasteiger partial charge in [0.05, 0.1) is 12.6 Å². The molecule has 0 radical (unpaired) electrons. The van der Waals surface area contributed by atoms with E-state index in [1.165, 1.54) is 16.4 Å². The second kappa shape index (κ2) is 8.30. The van der Waals surface area contributed by atoms with Crippen LogP contribution in [0.5, 0.6) is 0 Å². The summed E-state index contributed by atoms with van der Waals surface area (Å²) in [5.41, 5.74) is 1.00. The van der Waals surface area contributed by atoms with Gasteiger partial charge in [0.25, 0.3) is 15.9 Å². The van der Waals surface area contributed by atoms with Gasteiger partial charge in [-0.1, -0.05) is 36.8 Å². The molecule has 0 N–H and O–H groups in total. The zero-order valence-electron chi connectivity index (χ0n) is 16.5. The summed E-state index contributed by atoms with van der Waals surface area (Å²) in [6, 6.07) is 12.6. The zero-order chi connectivity index (χ0) is 20.4. The van der Waals surface area contributed by atoms with Crippen LogP contribution in [0.3, 0.4) is 0 Å². The van der Waals surface area contributed by atoms with E-state index in [9.17, 15) is 13.2 Å². The first kappa shape index (κ1) is 20.1. The number of carbonyl (C=O) groups is 1. The molecule has 1 aromatic carbocycles. The summed E-state index contributed by atoms with van der Waals surface area (Å²) in [5, 5.41) is -0.163. The SMILES string of the molecule is CC1CN(C(=O)c2ccc(S(=O)(=O)N3CCCCC3)o2)CC(c2ccccc2)O1. The molecule has 156 valence electrons. The van der Waals surface area contributed by atoms with Crippen molar-refractivity contribution in [2.75, 3.05) is 26.2 Å². The molecule has 0 spiro atoms. The minimum Gasteiger partial charge on any atom is -0.438 e. The van der Waals surface area contributed by atoms with Crippen molar-refractivity contribution in [3.05, 3.63) is 53.8 Å². The second-order valence-electron chi connectivity index (χ2n) is 7.64. The fraction of sp³-hybridized carbons (Fsp3) is 0.476. The summed E-state index contributed by atoms with van der Waals surface area (Å²) >= 11 is 0. The highest BCUT2D eigenvalue weighted by Gasteiger charge is 2.33. The van der Waals surface area contributed by atoms with Crippen LogP contribution in [0, 0.1) is 0 Å². The van der Waals surface area contributed by atoms with E-state index >= 15 is 0 Å². The molecule has 8 heteroatoms. The largest absolute Gasteiger partial charge is 0.438 e. The summed E-state index contributed by atoms with van der Waals surface area (Å²) in [4.78, 5) is 14.7. The monoisotopic (exact) mass is 418 g/mol. The van der Waals surface area contributed by atoms with E-state index in [2.05, 4.69) is 0 Å². The Morgan fingerprint density at radius 1 is 1.00 bits per heavy atom. The number of morpholine rings is 1. The van der Waals surface area contributed by atoms with Crippen molar-refractivity contribution in [1.29, 1.82) is 0 Å². The fourth-order valence-electron chi connectivity index (χ4n) is 3.93. The lowest BCUT2D eigenvalue weighted by molar-refractivity contribution is -0.0698. The van der Waals surface area contributed by atoms with E-state index in [0.717, 1.165) is 24.8 Å². The lowest BCUT2D eigenvalue weighted by Gasteiger charge is -2.36. The zero-order valence-corrected chi connectivity index (χ0v) is 17.3. The third-order valence-corrected chi connectivity index (χ3v) is 7.19. The predicted octanol–water partition coefficient (Wildman–Crippen LogP) is 3.06. The van der Waals surface area contributed by atoms with Crippen LogP contribution in [0.25, 0.3) is 0 Å². The maximum atomic E-state index is 13.0. The molecule has 0 saturated carbocycles. The third kappa shape index (κ3) is 4.24. The van der Waals surface area contributed by atoms with E-state index in [1.807, 2.05) is 37.3 Å². The lowest BCUT2D eigenvalue weighted by atomic mass is 10.1. The maximum absolute atomic E-state index is 13.0. The fourth-order valence-corrected chi connectivity index (χ4v) is 5.36. The van der Waals surface area contributed by atoms with Gasteiger partial charge in [-0.25, -0.2) is 8.42 Å². The molecule has 4 rings (SSSR count). The number of piperidine rings is 1. The summed E-state index contributed by atoms with van der Waals surface area (Å²) in [7, 11) is -3.70. The minimum atomic E-state index is -3.70. The Hall–Kier alpha value is -2.16. The smallest absolute Gasteiger partial charge is 0.289 e. The van der Waals surface area contributed by atoms with Gasteiger partial charge in [-0.05, 0) is 37.5 Å². The Bertz CT molecular complexity index is 950. The van der Waals surface area contributed by atoms with Crippen LogP contribution in [0.15, 0.2) is 52.0 Å². The van der Waals surface area contributed by atoms with Gasteiger partial charge in [-0.15, -0.1) is 0 Å². The topological polar surface area (TPSA) is 80.1 Å². The maximum Gasteiger partial charge on any atom is 0.289 e. The van der Waals surface area contributed by atoms with Crippen molar-refractivity contribution in [1.82, 2.24) is 9.21 Å². The van der Waals surface area contributed by atoms with Crippen molar-refractivity contribution >= 4 is 15.9 Å². The van der Waals surface area contributed by atoms with Crippen LogP contribution in [0.1, 0.15) is 48.4 Å². The van der Waals surface area contributed by atoms with E-state index in [1.54, 1.807) is 4.90 Å². The molecule has 2 aliphatic rings. The van der Waals surface area contributed by atoms with Gasteiger partial charge in [0.2, 0.25) is 5.09 Å². The molecule has 7 nitrogen and oxygen atoms in total. The number of amides is 1. The number of furan rings is 1. The first-order valence-electron chi connectivity index (χ1n) is 10.0. The number of hydrogen-bond donors (Lipinski definition) is 0. The Balaban J connectivity index is 1.51. The molecule has 2 saturated heterocycles. The molecule has 0 aliphatic carbocycles. The normalized spacial score (nSPS) is 23.8. The highest BCUT2D eigenvalue weighted by molar-refractivity contribution is 7.89. The molecule has 0 bridgehead atoms. The molecule has 29 heavy (non-hydrogen) atoms. The average Bonchev–Trinajstić information content (AvgIpc) is 3.25. The van der Waals surface area contributed by atoms with Crippen molar-refractivity contribution in [3.63, 3.8) is 0 Å². The number of ether oxygens (including phenoxy) is 1. The van der Waals surface area contributed by atoms with Crippen LogP contribution >= 0.6 is 0 Å². The molecule has 3 heterocycles. The van der Waals surface area contributed by atoms with Gasteiger partial charge in [-0.2, -0.15) is 4.31 Å². The molecule has 2 aliphatic heterocycles. The third-order valence-electron chi connectivity index (χ3n) is 5.42. The van der Waals surface area contributed by atoms with Crippen LogP contribution in [-0.2, 0) is 14.8 Å². The van der Waals surface area contributed by atoms with E-state index < -0.39 is 10.0 Å². The Kier molecular flexibility index (Phi) is 5.76. The second-order valence-corrected chi connectivity index (χ2v) is 9.51. The summed E-state index contributed by atoms with van der Waals surface area (Å²) in [6.07, 6.45) is 2.36. The lowest BCUT2D eigenvalue weighted by Crippen LogP contribution is -2.45. The van der Waals surface area contributed by atoms with Crippen molar-refractivity contribution < 1.29 is 22.4 Å². The van der Waals surface area contributed by atoms with Gasteiger partial charge in [0.15, 0.2) is 5.76 Å². The Labute approximate surface area is 171 Å². The Morgan fingerprint density at radius 3 is 2.45 bits per heavy atom. The van der Waals surface area contributed by atoms with Gasteiger partial charge in [-0.3, -0.25) is 4.79 Å². The van der Waals surface area contributed by atoms with E-state index in [-0.39, 0.29) is 29.0 Å². The van der Waals surface area contributed by atoms with Gasteiger partial charge < -0.3 is 14.1 Å². The quantitative estimate of drug-likeness (QED) is 0.762. The predicted molar refractivity (Wildman–Crippen MR) is 107 cm³/mol. The van der Waals surface area contributed by atoms with Crippen LogP contribution in [0.2, 0.25) is 0 Å². The molecular weight excluding hydrogens is 392 g/mol. The van der Waals surface area contributed by atoms with E-state index in [4.69, 9.17) is 9.15 Å². The van der Waals surface area contributed by atoms with Gasteiger partial charge in [0, 0.05) is 19.6 Å². The minimum absolute atomic E-state index is 0.0431. The number of rotatable bonds is 4. The number of sulfonamides is 1. The molecule has 2 aromatic rings. The van der Waals surface area contributed by atoms with E-state index in [0.29, 0.717) is 26.2 Å². The molecule has 2 fully saturated rings. The van der Waals surface area contributed by atoms with Crippen LogP contribution < -0.4 is 0 Å². The molecule has 1 aromatic heterocycles. The van der Waals surface area contributed by atoms with Crippen molar-refractivity contribution in [2.24, 2.45) is 0 Å². The highest BCUT2D eigenvalue weighted by atomic mass is 32.2. The van der Waals surface area contributed by atoms with Gasteiger partial charge >= 0.3 is 0 Å². The molecule has 1 amide bonds. The van der Waals surface area contributed by atoms with Crippen LogP contribution in [-0.4, -0.2) is 55.8 Å². The first-order valence-corrected chi connectivity index (χ1v) is 11.5. The Morgan fingerprint density at radius 2 is 1.72 bits per heavy atom. The first-order chi connectivity index (χ1) is 13.9. The standard InChI is InChI=1S/C21H26N2O5S/c1-16-14-22(15-19(27-16)17-8-4-2-5-9-17)21(24)18-10-11-20(28-18)29(25,26)23-12-6-3-7-13-23/h2,4-5,8-11,16,19H,3,6-7,12-15H2,1H3. The highest BCUT2D eigenvalue weighted by Crippen LogP contribution is 2.28. The number of carbonyl (C=O) groups excluding carboxylic acids is 1. The number of benzene rings is 1. The summed E-state index contributed by atoms with van der Waals surface area (Å²) < 4.78 is 38.5. The molecule has 2 unspecified atom stereocenters. The van der Waals surface area contributed by atoms with Gasteiger partial charge in [0.1, 0.15) is 6.10 Å². The molecular formula is C21H26N2O5S. The number of nitrogens with zero attached hydrogens (tertiary/aromatic N) is 2. The van der Waals surface area contributed by atoms with Crippen molar-refractivity contribution in [2.45, 2.75) is 43.5 Å².